The summed E-state index contributed by atoms with van der Waals surface area (Å²) in [5.41, 5.74) is 1.08. The van der Waals surface area contributed by atoms with E-state index in [2.05, 4.69) is 5.32 Å². The summed E-state index contributed by atoms with van der Waals surface area (Å²) in [6.07, 6.45) is 0. The van der Waals surface area contributed by atoms with E-state index in [1.165, 1.54) is 0 Å². The van der Waals surface area contributed by atoms with Crippen LogP contribution in [0.1, 0.15) is 12.5 Å². The number of carbonyl (C=O) groups excluding carboxylic acids is 1. The highest BCUT2D eigenvalue weighted by Crippen LogP contribution is 1.98. The summed E-state index contributed by atoms with van der Waals surface area (Å²) in [7, 11) is 0. The van der Waals surface area contributed by atoms with Gasteiger partial charge in [-0.3, -0.25) is 4.79 Å². The molecule has 1 N–H and O–H groups in total. The Bertz CT molecular complexity index is 272. The Labute approximate surface area is 82.9 Å². The fourth-order valence-electron chi connectivity index (χ4n) is 0.926. The van der Waals surface area contributed by atoms with E-state index in [1.54, 1.807) is 6.92 Å². The van der Waals surface area contributed by atoms with Crippen LogP contribution in [-0.2, 0) is 11.3 Å². The molecule has 1 amide bonds. The zero-order valence-electron chi connectivity index (χ0n) is 7.46. The molecule has 0 bridgehead atoms. The van der Waals surface area contributed by atoms with Gasteiger partial charge < -0.3 is 5.32 Å². The smallest absolute Gasteiger partial charge is 0.238 e. The third-order valence-electron chi connectivity index (χ3n) is 1.67. The lowest BCUT2D eigenvalue weighted by Crippen LogP contribution is -2.28. The Hall–Kier alpha value is -1.02. The first-order valence-electron chi connectivity index (χ1n) is 4.16. The molecule has 0 unspecified atom stereocenters. The molecule has 0 saturated heterocycles. The standard InChI is InChI=1S/C10H12ClNO/c1-8(11)10(13)12-7-9-5-3-2-4-6-9/h2-6,8H,7H2,1H3,(H,12,13)/t8-/m0/s1. The van der Waals surface area contributed by atoms with Crippen molar-refractivity contribution in [2.75, 3.05) is 0 Å². The maximum atomic E-state index is 11.1. The molecule has 1 aromatic rings. The maximum Gasteiger partial charge on any atom is 0.238 e. The van der Waals surface area contributed by atoms with Crippen molar-refractivity contribution < 1.29 is 4.79 Å². The molecule has 1 aromatic carbocycles. The molecule has 0 aliphatic rings. The first-order valence-corrected chi connectivity index (χ1v) is 4.59. The van der Waals surface area contributed by atoms with Gasteiger partial charge in [-0.25, -0.2) is 0 Å². The van der Waals surface area contributed by atoms with Crippen molar-refractivity contribution in [1.29, 1.82) is 0 Å². The van der Waals surface area contributed by atoms with E-state index in [9.17, 15) is 4.79 Å². The third kappa shape index (κ3) is 3.47. The van der Waals surface area contributed by atoms with Crippen LogP contribution < -0.4 is 5.32 Å². The van der Waals surface area contributed by atoms with Gasteiger partial charge in [-0.15, -0.1) is 11.6 Å². The van der Waals surface area contributed by atoms with Crippen molar-refractivity contribution in [1.82, 2.24) is 5.32 Å². The molecular formula is C10H12ClNO. The number of halogens is 1. The molecule has 2 nitrogen and oxygen atoms in total. The van der Waals surface area contributed by atoms with Gasteiger partial charge in [0.25, 0.3) is 0 Å². The minimum Gasteiger partial charge on any atom is -0.351 e. The van der Waals surface area contributed by atoms with Crippen molar-refractivity contribution in [2.24, 2.45) is 0 Å². The van der Waals surface area contributed by atoms with Gasteiger partial charge in [-0.1, -0.05) is 30.3 Å². The largest absolute Gasteiger partial charge is 0.351 e. The molecule has 13 heavy (non-hydrogen) atoms. The highest BCUT2D eigenvalue weighted by atomic mass is 35.5. The number of amides is 1. The molecule has 0 fully saturated rings. The Balaban J connectivity index is 2.40. The van der Waals surface area contributed by atoms with Gasteiger partial charge in [0.2, 0.25) is 5.91 Å². The molecular weight excluding hydrogens is 186 g/mol. The molecule has 3 heteroatoms. The highest BCUT2D eigenvalue weighted by molar-refractivity contribution is 6.30. The number of benzene rings is 1. The predicted molar refractivity (Wildman–Crippen MR) is 53.6 cm³/mol. The van der Waals surface area contributed by atoms with E-state index in [-0.39, 0.29) is 5.91 Å². The first-order chi connectivity index (χ1) is 6.20. The third-order valence-corrected chi connectivity index (χ3v) is 1.87. The lowest BCUT2D eigenvalue weighted by atomic mass is 10.2. The summed E-state index contributed by atoms with van der Waals surface area (Å²) in [6, 6.07) is 9.73. The first kappa shape index (κ1) is 10.1. The van der Waals surface area contributed by atoms with Crippen molar-refractivity contribution in [3.05, 3.63) is 35.9 Å². The molecule has 0 aromatic heterocycles. The van der Waals surface area contributed by atoms with Gasteiger partial charge in [0, 0.05) is 6.54 Å². The second kappa shape index (κ2) is 4.87. The van der Waals surface area contributed by atoms with Crippen LogP contribution in [0.4, 0.5) is 0 Å². The van der Waals surface area contributed by atoms with Crippen LogP contribution in [0.3, 0.4) is 0 Å². The predicted octanol–water partition coefficient (Wildman–Crippen LogP) is 1.93. The van der Waals surface area contributed by atoms with Crippen LogP contribution in [0.15, 0.2) is 30.3 Å². The number of rotatable bonds is 3. The van der Waals surface area contributed by atoms with Gasteiger partial charge in [0.05, 0.1) is 0 Å². The Morgan fingerprint density at radius 2 is 2.08 bits per heavy atom. The molecule has 1 atom stereocenters. The van der Waals surface area contributed by atoms with E-state index in [0.29, 0.717) is 6.54 Å². The molecule has 0 heterocycles. The minimum atomic E-state index is -0.469. The fraction of sp³-hybridized carbons (Fsp3) is 0.300. The van der Waals surface area contributed by atoms with Crippen molar-refractivity contribution in [3.8, 4) is 0 Å². The average Bonchev–Trinajstić information content (AvgIpc) is 2.15. The highest BCUT2D eigenvalue weighted by Gasteiger charge is 2.07. The summed E-state index contributed by atoms with van der Waals surface area (Å²) < 4.78 is 0. The fourth-order valence-corrected chi connectivity index (χ4v) is 1.00. The van der Waals surface area contributed by atoms with Crippen LogP contribution in [-0.4, -0.2) is 11.3 Å². The van der Waals surface area contributed by atoms with Crippen molar-refractivity contribution in [3.63, 3.8) is 0 Å². The number of alkyl halides is 1. The molecule has 0 aliphatic heterocycles. The minimum absolute atomic E-state index is 0.134. The molecule has 0 aliphatic carbocycles. The normalized spacial score (nSPS) is 12.2. The lowest BCUT2D eigenvalue weighted by Gasteiger charge is -2.05. The molecule has 70 valence electrons. The van der Waals surface area contributed by atoms with Gasteiger partial charge >= 0.3 is 0 Å². The maximum absolute atomic E-state index is 11.1. The summed E-state index contributed by atoms with van der Waals surface area (Å²) in [6.45, 7) is 2.19. The van der Waals surface area contributed by atoms with Crippen LogP contribution in [0.25, 0.3) is 0 Å². The van der Waals surface area contributed by atoms with Crippen molar-refractivity contribution >= 4 is 17.5 Å². The molecule has 0 radical (unpaired) electrons. The number of nitrogens with one attached hydrogen (secondary N) is 1. The van der Waals surface area contributed by atoms with Gasteiger partial charge in [0.15, 0.2) is 0 Å². The topological polar surface area (TPSA) is 29.1 Å². The average molecular weight is 198 g/mol. The second-order valence-electron chi connectivity index (χ2n) is 2.82. The summed E-state index contributed by atoms with van der Waals surface area (Å²) in [4.78, 5) is 11.1. The van der Waals surface area contributed by atoms with E-state index >= 15 is 0 Å². The van der Waals surface area contributed by atoms with Gasteiger partial charge in [-0.05, 0) is 12.5 Å². The Kier molecular flexibility index (Phi) is 3.77. The van der Waals surface area contributed by atoms with Crippen LogP contribution in [0.2, 0.25) is 0 Å². The Morgan fingerprint density at radius 3 is 2.62 bits per heavy atom. The van der Waals surface area contributed by atoms with E-state index in [1.807, 2.05) is 30.3 Å². The monoisotopic (exact) mass is 197 g/mol. The van der Waals surface area contributed by atoms with Crippen LogP contribution >= 0.6 is 11.6 Å². The summed E-state index contributed by atoms with van der Waals surface area (Å²) in [5, 5.41) is 2.26. The summed E-state index contributed by atoms with van der Waals surface area (Å²) in [5.74, 6) is -0.134. The number of hydrogen-bond donors (Lipinski definition) is 1. The number of hydrogen-bond acceptors (Lipinski definition) is 1. The van der Waals surface area contributed by atoms with E-state index in [4.69, 9.17) is 11.6 Å². The quantitative estimate of drug-likeness (QED) is 0.738. The Morgan fingerprint density at radius 1 is 1.46 bits per heavy atom. The molecule has 1 rings (SSSR count). The second-order valence-corrected chi connectivity index (χ2v) is 3.47. The lowest BCUT2D eigenvalue weighted by molar-refractivity contribution is -0.120. The summed E-state index contributed by atoms with van der Waals surface area (Å²) >= 11 is 5.58. The van der Waals surface area contributed by atoms with Crippen LogP contribution in [0.5, 0.6) is 0 Å². The zero-order valence-corrected chi connectivity index (χ0v) is 8.21. The molecule has 0 saturated carbocycles. The number of carbonyl (C=O) groups is 1. The van der Waals surface area contributed by atoms with E-state index in [0.717, 1.165) is 5.56 Å². The van der Waals surface area contributed by atoms with Gasteiger partial charge in [-0.2, -0.15) is 0 Å². The van der Waals surface area contributed by atoms with E-state index < -0.39 is 5.38 Å². The molecule has 0 spiro atoms. The SMILES string of the molecule is C[C@H](Cl)C(=O)NCc1ccccc1. The van der Waals surface area contributed by atoms with Crippen LogP contribution in [0, 0.1) is 0 Å². The zero-order chi connectivity index (χ0) is 9.68. The van der Waals surface area contributed by atoms with Gasteiger partial charge in [0.1, 0.15) is 5.38 Å². The van der Waals surface area contributed by atoms with Crippen molar-refractivity contribution in [2.45, 2.75) is 18.8 Å².